The molecule has 2 aromatic heterocycles. The predicted molar refractivity (Wildman–Crippen MR) is 86.0 cm³/mol. The van der Waals surface area contributed by atoms with Gasteiger partial charge < -0.3 is 10.1 Å². The summed E-state index contributed by atoms with van der Waals surface area (Å²) in [6.45, 7) is 7.24. The summed E-state index contributed by atoms with van der Waals surface area (Å²) >= 11 is 3.41. The normalized spacial score (nSPS) is 13.4. The molecule has 0 spiro atoms. The number of ether oxygens (including phenoxy) is 1. The van der Waals surface area contributed by atoms with Gasteiger partial charge in [0.1, 0.15) is 5.52 Å². The molecule has 5 heteroatoms. The summed E-state index contributed by atoms with van der Waals surface area (Å²) < 4.78 is 6.49. The third-order valence-electron chi connectivity index (χ3n) is 3.27. The van der Waals surface area contributed by atoms with E-state index in [4.69, 9.17) is 4.74 Å². The fourth-order valence-corrected chi connectivity index (χ4v) is 2.41. The first kappa shape index (κ1) is 15.2. The number of pyridine rings is 2. The molecule has 0 saturated heterocycles. The Hall–Kier alpha value is -1.20. The Kier molecular flexibility index (Phi) is 4.60. The number of halogens is 1. The van der Waals surface area contributed by atoms with Crippen LogP contribution in [0.4, 0.5) is 5.69 Å². The van der Waals surface area contributed by atoms with E-state index in [0.717, 1.165) is 27.7 Å². The van der Waals surface area contributed by atoms with E-state index in [-0.39, 0.29) is 11.5 Å². The number of fused-ring (bicyclic) bond motifs is 1. The van der Waals surface area contributed by atoms with Crippen molar-refractivity contribution < 1.29 is 4.74 Å². The van der Waals surface area contributed by atoms with E-state index in [2.05, 4.69) is 52.0 Å². The molecule has 0 fully saturated rings. The van der Waals surface area contributed by atoms with Crippen LogP contribution < -0.4 is 5.32 Å². The lowest BCUT2D eigenvalue weighted by Crippen LogP contribution is -2.34. The largest absolute Gasteiger partial charge is 0.381 e. The van der Waals surface area contributed by atoms with E-state index in [1.807, 2.05) is 12.1 Å². The Morgan fingerprint density at radius 3 is 2.75 bits per heavy atom. The van der Waals surface area contributed by atoms with Gasteiger partial charge in [0.2, 0.25) is 0 Å². The van der Waals surface area contributed by atoms with Gasteiger partial charge in [-0.1, -0.05) is 20.8 Å². The summed E-state index contributed by atoms with van der Waals surface area (Å²) in [4.78, 5) is 8.77. The molecule has 1 atom stereocenters. The zero-order valence-corrected chi connectivity index (χ0v) is 13.9. The zero-order valence-electron chi connectivity index (χ0n) is 12.3. The quantitative estimate of drug-likeness (QED) is 0.919. The van der Waals surface area contributed by atoms with Crippen molar-refractivity contribution in [2.24, 2.45) is 5.41 Å². The van der Waals surface area contributed by atoms with Crippen LogP contribution in [0.15, 0.2) is 29.0 Å². The highest BCUT2D eigenvalue weighted by atomic mass is 79.9. The molecule has 4 nitrogen and oxygen atoms in total. The number of hydrogen-bond donors (Lipinski definition) is 1. The molecule has 2 heterocycles. The molecular formula is C15H20BrN3O. The van der Waals surface area contributed by atoms with Crippen LogP contribution in [-0.4, -0.2) is 29.7 Å². The number of hydrogen-bond acceptors (Lipinski definition) is 4. The first-order valence-corrected chi connectivity index (χ1v) is 7.38. The van der Waals surface area contributed by atoms with Crippen LogP contribution >= 0.6 is 15.9 Å². The van der Waals surface area contributed by atoms with Crippen molar-refractivity contribution in [1.82, 2.24) is 9.97 Å². The minimum atomic E-state index is 0.0844. The first-order valence-electron chi connectivity index (χ1n) is 6.59. The summed E-state index contributed by atoms with van der Waals surface area (Å²) in [6, 6.07) is 3.91. The Balaban J connectivity index is 2.22. The van der Waals surface area contributed by atoms with E-state index in [1.54, 1.807) is 19.5 Å². The van der Waals surface area contributed by atoms with Crippen LogP contribution in [0, 0.1) is 5.41 Å². The summed E-state index contributed by atoms with van der Waals surface area (Å²) in [7, 11) is 1.75. The van der Waals surface area contributed by atoms with Gasteiger partial charge in [-0.15, -0.1) is 0 Å². The number of methoxy groups -OCH3 is 1. The van der Waals surface area contributed by atoms with Crippen molar-refractivity contribution in [3.05, 3.63) is 29.0 Å². The highest BCUT2D eigenvalue weighted by Crippen LogP contribution is 2.25. The molecule has 0 bridgehead atoms. The molecule has 2 aromatic rings. The van der Waals surface area contributed by atoms with Crippen LogP contribution in [0.5, 0.6) is 0 Å². The molecular weight excluding hydrogens is 318 g/mol. The maximum Gasteiger partial charge on any atom is 0.112 e. The average Bonchev–Trinajstić information content (AvgIpc) is 2.37. The van der Waals surface area contributed by atoms with Gasteiger partial charge in [-0.3, -0.25) is 9.97 Å². The average molecular weight is 338 g/mol. The standard InChI is InChI=1S/C15H20BrN3O/c1-15(2,3)13(20-4)9-18-11-5-6-17-12-7-10(16)8-19-14(11)12/h5-8,13H,9H2,1-4H3,(H,17,18). The minimum absolute atomic E-state index is 0.0844. The lowest BCUT2D eigenvalue weighted by Gasteiger charge is -2.29. The molecule has 108 valence electrons. The summed E-state index contributed by atoms with van der Waals surface area (Å²) in [5, 5.41) is 3.42. The molecule has 1 unspecified atom stereocenters. The number of aromatic nitrogens is 2. The van der Waals surface area contributed by atoms with Gasteiger partial charge in [-0.05, 0) is 33.5 Å². The van der Waals surface area contributed by atoms with E-state index in [9.17, 15) is 0 Å². The van der Waals surface area contributed by atoms with Gasteiger partial charge in [-0.2, -0.15) is 0 Å². The van der Waals surface area contributed by atoms with Crippen LogP contribution in [0.25, 0.3) is 11.0 Å². The van der Waals surface area contributed by atoms with E-state index in [0.29, 0.717) is 0 Å². The van der Waals surface area contributed by atoms with Gasteiger partial charge in [0, 0.05) is 30.5 Å². The van der Waals surface area contributed by atoms with Gasteiger partial charge >= 0.3 is 0 Å². The number of rotatable bonds is 4. The smallest absolute Gasteiger partial charge is 0.112 e. The predicted octanol–water partition coefficient (Wildman–Crippen LogP) is 3.87. The second-order valence-corrected chi connectivity index (χ2v) is 6.77. The van der Waals surface area contributed by atoms with Gasteiger partial charge in [0.05, 0.1) is 17.3 Å². The second kappa shape index (κ2) is 6.06. The van der Waals surface area contributed by atoms with Gasteiger partial charge in [0.25, 0.3) is 0 Å². The van der Waals surface area contributed by atoms with Crippen molar-refractivity contribution in [2.45, 2.75) is 26.9 Å². The third kappa shape index (κ3) is 3.46. The third-order valence-corrected chi connectivity index (χ3v) is 3.71. The fraction of sp³-hybridized carbons (Fsp3) is 0.467. The monoisotopic (exact) mass is 337 g/mol. The van der Waals surface area contributed by atoms with E-state index in [1.165, 1.54) is 0 Å². The fourth-order valence-electron chi connectivity index (χ4n) is 2.09. The number of anilines is 1. The van der Waals surface area contributed by atoms with Crippen molar-refractivity contribution in [1.29, 1.82) is 0 Å². The Morgan fingerprint density at radius 1 is 1.35 bits per heavy atom. The van der Waals surface area contributed by atoms with Crippen LogP contribution in [-0.2, 0) is 4.74 Å². The first-order chi connectivity index (χ1) is 9.41. The zero-order chi connectivity index (χ0) is 14.8. The van der Waals surface area contributed by atoms with E-state index < -0.39 is 0 Å². The number of nitrogens with one attached hydrogen (secondary N) is 1. The molecule has 0 saturated carbocycles. The minimum Gasteiger partial charge on any atom is -0.381 e. The van der Waals surface area contributed by atoms with Gasteiger partial charge in [0.15, 0.2) is 0 Å². The van der Waals surface area contributed by atoms with Crippen LogP contribution in [0.1, 0.15) is 20.8 Å². The van der Waals surface area contributed by atoms with Crippen molar-refractivity contribution in [3.8, 4) is 0 Å². The Morgan fingerprint density at radius 2 is 2.10 bits per heavy atom. The second-order valence-electron chi connectivity index (χ2n) is 5.85. The van der Waals surface area contributed by atoms with Gasteiger partial charge in [-0.25, -0.2) is 0 Å². The Bertz CT molecular complexity index is 595. The van der Waals surface area contributed by atoms with Crippen molar-refractivity contribution in [2.75, 3.05) is 19.0 Å². The summed E-state index contributed by atoms with van der Waals surface area (Å²) in [6.07, 6.45) is 3.70. The van der Waals surface area contributed by atoms with Crippen LogP contribution in [0.2, 0.25) is 0 Å². The molecule has 0 aliphatic rings. The summed E-state index contributed by atoms with van der Waals surface area (Å²) in [5.74, 6) is 0. The molecule has 20 heavy (non-hydrogen) atoms. The van der Waals surface area contributed by atoms with Crippen molar-refractivity contribution >= 4 is 32.7 Å². The van der Waals surface area contributed by atoms with Crippen LogP contribution in [0.3, 0.4) is 0 Å². The SMILES string of the molecule is COC(CNc1ccnc2cc(Br)cnc12)C(C)(C)C. The molecule has 1 N–H and O–H groups in total. The molecule has 0 aliphatic heterocycles. The Labute approximate surface area is 128 Å². The molecule has 0 radical (unpaired) electrons. The number of nitrogens with zero attached hydrogens (tertiary/aromatic N) is 2. The summed E-state index contributed by atoms with van der Waals surface area (Å²) in [5.41, 5.74) is 2.81. The molecule has 2 rings (SSSR count). The molecule has 0 amide bonds. The molecule has 0 aromatic carbocycles. The highest BCUT2D eigenvalue weighted by molar-refractivity contribution is 9.10. The lowest BCUT2D eigenvalue weighted by atomic mass is 9.89. The molecule has 0 aliphatic carbocycles. The maximum absolute atomic E-state index is 5.56. The van der Waals surface area contributed by atoms with E-state index >= 15 is 0 Å². The highest BCUT2D eigenvalue weighted by Gasteiger charge is 2.24. The topological polar surface area (TPSA) is 47.0 Å². The maximum atomic E-state index is 5.56. The lowest BCUT2D eigenvalue weighted by molar-refractivity contribution is 0.0269. The van der Waals surface area contributed by atoms with Crippen molar-refractivity contribution in [3.63, 3.8) is 0 Å².